The van der Waals surface area contributed by atoms with Gasteiger partial charge in [0, 0.05) is 23.0 Å². The standard InChI is InChI=1S/C12H15BrF3NO2S/c1-11(2,20(3,18)19)7-17-10-6-8(13)4-5-9(10)12(14,15)16/h4-6,17H,7H2,1-3H3. The normalized spacial score (nSPS) is 13.3. The topological polar surface area (TPSA) is 46.2 Å². The van der Waals surface area contributed by atoms with Gasteiger partial charge in [-0.1, -0.05) is 15.9 Å². The monoisotopic (exact) mass is 373 g/mol. The van der Waals surface area contributed by atoms with Crippen LogP contribution in [0.4, 0.5) is 18.9 Å². The summed E-state index contributed by atoms with van der Waals surface area (Å²) < 4.78 is 61.0. The third-order valence-corrected chi connectivity index (χ3v) is 5.64. The van der Waals surface area contributed by atoms with Crippen LogP contribution < -0.4 is 5.32 Å². The van der Waals surface area contributed by atoms with Crippen molar-refractivity contribution in [3.05, 3.63) is 28.2 Å². The highest BCUT2D eigenvalue weighted by atomic mass is 79.9. The summed E-state index contributed by atoms with van der Waals surface area (Å²) in [4.78, 5) is 0. The second-order valence-electron chi connectivity index (χ2n) is 5.07. The van der Waals surface area contributed by atoms with E-state index < -0.39 is 26.3 Å². The number of rotatable bonds is 4. The van der Waals surface area contributed by atoms with E-state index in [2.05, 4.69) is 21.2 Å². The Kier molecular flexibility index (Phi) is 4.80. The molecule has 0 atom stereocenters. The first-order valence-electron chi connectivity index (χ1n) is 5.65. The van der Waals surface area contributed by atoms with Gasteiger partial charge >= 0.3 is 6.18 Å². The summed E-state index contributed by atoms with van der Waals surface area (Å²) >= 11 is 3.10. The van der Waals surface area contributed by atoms with Crippen LogP contribution in [0.15, 0.2) is 22.7 Å². The van der Waals surface area contributed by atoms with Gasteiger partial charge in [-0.3, -0.25) is 0 Å². The molecule has 0 aliphatic heterocycles. The molecule has 114 valence electrons. The third kappa shape index (κ3) is 4.12. The Morgan fingerprint density at radius 2 is 1.80 bits per heavy atom. The molecule has 0 saturated heterocycles. The van der Waals surface area contributed by atoms with E-state index in [1.807, 2.05) is 0 Å². The molecule has 3 nitrogen and oxygen atoms in total. The van der Waals surface area contributed by atoms with E-state index in [4.69, 9.17) is 0 Å². The molecule has 0 heterocycles. The fourth-order valence-electron chi connectivity index (χ4n) is 1.35. The Bertz CT molecular complexity index is 597. The minimum Gasteiger partial charge on any atom is -0.383 e. The fourth-order valence-corrected chi connectivity index (χ4v) is 2.04. The van der Waals surface area contributed by atoms with Crippen molar-refractivity contribution in [1.82, 2.24) is 0 Å². The van der Waals surface area contributed by atoms with E-state index in [1.165, 1.54) is 26.0 Å². The molecular formula is C12H15BrF3NO2S. The zero-order valence-corrected chi connectivity index (χ0v) is 13.6. The average Bonchev–Trinajstić information content (AvgIpc) is 2.23. The van der Waals surface area contributed by atoms with Crippen molar-refractivity contribution in [1.29, 1.82) is 0 Å². The van der Waals surface area contributed by atoms with Gasteiger partial charge in [-0.05, 0) is 32.0 Å². The third-order valence-electron chi connectivity index (χ3n) is 3.00. The van der Waals surface area contributed by atoms with E-state index in [-0.39, 0.29) is 12.2 Å². The van der Waals surface area contributed by atoms with Crippen LogP contribution in [0.2, 0.25) is 0 Å². The van der Waals surface area contributed by atoms with Gasteiger partial charge in [-0.2, -0.15) is 13.2 Å². The quantitative estimate of drug-likeness (QED) is 0.874. The van der Waals surface area contributed by atoms with E-state index >= 15 is 0 Å². The van der Waals surface area contributed by atoms with Crippen LogP contribution in [0.5, 0.6) is 0 Å². The number of sulfone groups is 1. The van der Waals surface area contributed by atoms with Crippen LogP contribution in [-0.4, -0.2) is 26.0 Å². The Hall–Kier alpha value is -0.760. The molecule has 0 unspecified atom stereocenters. The summed E-state index contributed by atoms with van der Waals surface area (Å²) in [5.74, 6) is 0. The molecular weight excluding hydrogens is 359 g/mol. The maximum absolute atomic E-state index is 12.9. The fraction of sp³-hybridized carbons (Fsp3) is 0.500. The lowest BCUT2D eigenvalue weighted by molar-refractivity contribution is -0.137. The van der Waals surface area contributed by atoms with E-state index in [1.54, 1.807) is 0 Å². The summed E-state index contributed by atoms with van der Waals surface area (Å²) in [6, 6.07) is 3.51. The molecule has 1 aromatic carbocycles. The van der Waals surface area contributed by atoms with Gasteiger partial charge < -0.3 is 5.32 Å². The summed E-state index contributed by atoms with van der Waals surface area (Å²) in [5, 5.41) is 2.58. The molecule has 0 aliphatic carbocycles. The number of hydrogen-bond donors (Lipinski definition) is 1. The minimum absolute atomic E-state index is 0.120. The van der Waals surface area contributed by atoms with Crippen LogP contribution in [0, 0.1) is 0 Å². The molecule has 0 aliphatic rings. The van der Waals surface area contributed by atoms with Gasteiger partial charge in [0.25, 0.3) is 0 Å². The van der Waals surface area contributed by atoms with Crippen molar-refractivity contribution in [2.75, 3.05) is 18.1 Å². The Balaban J connectivity index is 3.08. The van der Waals surface area contributed by atoms with Crippen LogP contribution in [0.3, 0.4) is 0 Å². The van der Waals surface area contributed by atoms with E-state index in [0.29, 0.717) is 4.47 Å². The first kappa shape index (κ1) is 17.3. The number of nitrogens with one attached hydrogen (secondary N) is 1. The highest BCUT2D eigenvalue weighted by Crippen LogP contribution is 2.36. The van der Waals surface area contributed by atoms with Gasteiger partial charge in [-0.15, -0.1) is 0 Å². The van der Waals surface area contributed by atoms with Gasteiger partial charge in [0.05, 0.1) is 10.3 Å². The lowest BCUT2D eigenvalue weighted by Crippen LogP contribution is -2.38. The van der Waals surface area contributed by atoms with Gasteiger partial charge in [0.2, 0.25) is 0 Å². The second-order valence-corrected chi connectivity index (χ2v) is 8.64. The number of benzene rings is 1. The Morgan fingerprint density at radius 1 is 1.25 bits per heavy atom. The second kappa shape index (κ2) is 5.55. The molecule has 8 heteroatoms. The smallest absolute Gasteiger partial charge is 0.383 e. The summed E-state index contributed by atoms with van der Waals surface area (Å²) in [5.41, 5.74) is -0.978. The maximum Gasteiger partial charge on any atom is 0.418 e. The molecule has 0 fully saturated rings. The molecule has 0 spiro atoms. The SMILES string of the molecule is CC(C)(CNc1cc(Br)ccc1C(F)(F)F)S(C)(=O)=O. The first-order chi connectivity index (χ1) is 8.84. The number of alkyl halides is 3. The van der Waals surface area contributed by atoms with Gasteiger partial charge in [0.15, 0.2) is 9.84 Å². The number of halogens is 4. The van der Waals surface area contributed by atoms with Crippen molar-refractivity contribution in [2.24, 2.45) is 0 Å². The van der Waals surface area contributed by atoms with Gasteiger partial charge in [0.1, 0.15) is 0 Å². The molecule has 0 aromatic heterocycles. The zero-order chi connectivity index (χ0) is 15.8. The molecule has 0 bridgehead atoms. The zero-order valence-electron chi connectivity index (χ0n) is 11.2. The largest absolute Gasteiger partial charge is 0.418 e. The summed E-state index contributed by atoms with van der Waals surface area (Å²) in [7, 11) is -3.39. The Labute approximate surface area is 124 Å². The number of anilines is 1. The maximum atomic E-state index is 12.9. The molecule has 0 saturated carbocycles. The molecule has 0 amide bonds. The van der Waals surface area contributed by atoms with Crippen molar-refractivity contribution in [3.63, 3.8) is 0 Å². The van der Waals surface area contributed by atoms with E-state index in [9.17, 15) is 21.6 Å². The average molecular weight is 374 g/mol. The molecule has 0 radical (unpaired) electrons. The van der Waals surface area contributed by atoms with Gasteiger partial charge in [-0.25, -0.2) is 8.42 Å². The summed E-state index contributed by atoms with van der Waals surface area (Å²) in [6.07, 6.45) is -3.45. The van der Waals surface area contributed by atoms with Crippen molar-refractivity contribution in [2.45, 2.75) is 24.8 Å². The highest BCUT2D eigenvalue weighted by molar-refractivity contribution is 9.10. The minimum atomic E-state index is -4.50. The molecule has 1 N–H and O–H groups in total. The first-order valence-corrected chi connectivity index (χ1v) is 8.33. The molecule has 20 heavy (non-hydrogen) atoms. The molecule has 1 rings (SSSR count). The lowest BCUT2D eigenvalue weighted by Gasteiger charge is -2.24. The van der Waals surface area contributed by atoms with Crippen molar-refractivity contribution < 1.29 is 21.6 Å². The van der Waals surface area contributed by atoms with Crippen LogP contribution in [0.25, 0.3) is 0 Å². The molecule has 1 aromatic rings. The lowest BCUT2D eigenvalue weighted by atomic mass is 10.1. The number of hydrogen-bond acceptors (Lipinski definition) is 3. The van der Waals surface area contributed by atoms with E-state index in [0.717, 1.165) is 12.3 Å². The predicted octanol–water partition coefficient (Wildman–Crippen LogP) is 3.70. The van der Waals surface area contributed by atoms with Crippen LogP contribution in [0.1, 0.15) is 19.4 Å². The highest BCUT2D eigenvalue weighted by Gasteiger charge is 2.35. The summed E-state index contributed by atoms with van der Waals surface area (Å²) in [6.45, 7) is 2.80. The predicted molar refractivity (Wildman–Crippen MR) is 76.6 cm³/mol. The van der Waals surface area contributed by atoms with Crippen LogP contribution >= 0.6 is 15.9 Å². The van der Waals surface area contributed by atoms with Crippen molar-refractivity contribution >= 4 is 31.5 Å². The van der Waals surface area contributed by atoms with Crippen LogP contribution in [-0.2, 0) is 16.0 Å². The van der Waals surface area contributed by atoms with Crippen molar-refractivity contribution in [3.8, 4) is 0 Å². The Morgan fingerprint density at radius 3 is 2.25 bits per heavy atom.